The molecule has 1 saturated carbocycles. The predicted molar refractivity (Wildman–Crippen MR) is 85.1 cm³/mol. The van der Waals surface area contributed by atoms with E-state index < -0.39 is 0 Å². The van der Waals surface area contributed by atoms with Gasteiger partial charge in [0.15, 0.2) is 0 Å². The Labute approximate surface area is 128 Å². The van der Waals surface area contributed by atoms with Crippen LogP contribution < -0.4 is 5.73 Å². The number of nitrogens with zero attached hydrogens (tertiary/aromatic N) is 4. The molecule has 3 rings (SSSR count). The summed E-state index contributed by atoms with van der Waals surface area (Å²) in [7, 11) is 0. The van der Waals surface area contributed by atoms with Crippen molar-refractivity contribution < 1.29 is 0 Å². The molecule has 1 saturated heterocycles. The number of piperazine rings is 1. The lowest BCUT2D eigenvalue weighted by Gasteiger charge is -2.34. The Morgan fingerprint density at radius 2 is 1.76 bits per heavy atom. The van der Waals surface area contributed by atoms with Crippen molar-refractivity contribution in [2.75, 3.05) is 39.3 Å². The van der Waals surface area contributed by atoms with Crippen LogP contribution in [0.25, 0.3) is 0 Å². The lowest BCUT2D eigenvalue weighted by molar-refractivity contribution is 0.128. The number of rotatable bonds is 5. The third-order valence-electron chi connectivity index (χ3n) is 4.91. The van der Waals surface area contributed by atoms with E-state index in [1.54, 1.807) is 0 Å². The van der Waals surface area contributed by atoms with E-state index in [0.29, 0.717) is 6.04 Å². The van der Waals surface area contributed by atoms with Crippen molar-refractivity contribution in [2.24, 2.45) is 5.73 Å². The van der Waals surface area contributed by atoms with Crippen LogP contribution in [0.4, 0.5) is 0 Å². The molecule has 0 atom stereocenters. The second kappa shape index (κ2) is 7.38. The van der Waals surface area contributed by atoms with Crippen LogP contribution in [0, 0.1) is 0 Å². The Bertz CT molecular complexity index is 416. The Hall–Kier alpha value is -0.910. The Balaban J connectivity index is 1.48. The number of hydrogen-bond donors (Lipinski definition) is 1. The van der Waals surface area contributed by atoms with Crippen LogP contribution in [0.15, 0.2) is 12.3 Å². The maximum atomic E-state index is 5.62. The molecule has 5 nitrogen and oxygen atoms in total. The summed E-state index contributed by atoms with van der Waals surface area (Å²) in [4.78, 5) is 4.97. The zero-order valence-electron chi connectivity index (χ0n) is 13.1. The molecule has 2 aliphatic rings. The number of hydrogen-bond acceptors (Lipinski definition) is 4. The summed E-state index contributed by atoms with van der Waals surface area (Å²) in [5.74, 6) is 0. The molecule has 0 amide bonds. The molecule has 21 heavy (non-hydrogen) atoms. The molecule has 1 aromatic rings. The normalized spacial score (nSPS) is 22.7. The van der Waals surface area contributed by atoms with Crippen LogP contribution in [0.1, 0.15) is 43.8 Å². The minimum atomic E-state index is 0.647. The van der Waals surface area contributed by atoms with E-state index in [-0.39, 0.29) is 0 Å². The van der Waals surface area contributed by atoms with Gasteiger partial charge in [-0.3, -0.25) is 14.5 Å². The van der Waals surface area contributed by atoms with E-state index in [1.807, 2.05) is 0 Å². The molecule has 1 aliphatic heterocycles. The van der Waals surface area contributed by atoms with Gasteiger partial charge in [0.05, 0.1) is 11.7 Å². The Morgan fingerprint density at radius 3 is 2.48 bits per heavy atom. The van der Waals surface area contributed by atoms with E-state index in [9.17, 15) is 0 Å². The number of aromatic nitrogens is 2. The van der Waals surface area contributed by atoms with Crippen molar-refractivity contribution in [3.63, 3.8) is 0 Å². The van der Waals surface area contributed by atoms with Gasteiger partial charge in [0, 0.05) is 52.0 Å². The first-order chi connectivity index (χ1) is 10.3. The zero-order valence-corrected chi connectivity index (χ0v) is 13.1. The van der Waals surface area contributed by atoms with Crippen molar-refractivity contribution in [2.45, 2.75) is 44.7 Å². The molecule has 118 valence electrons. The maximum Gasteiger partial charge on any atom is 0.0764 e. The largest absolute Gasteiger partial charge is 0.329 e. The van der Waals surface area contributed by atoms with Crippen LogP contribution in [-0.4, -0.2) is 58.8 Å². The average Bonchev–Trinajstić information content (AvgIpc) is 2.99. The van der Waals surface area contributed by atoms with Crippen LogP contribution >= 0.6 is 0 Å². The van der Waals surface area contributed by atoms with E-state index in [0.717, 1.165) is 45.8 Å². The molecule has 0 aromatic carbocycles. The third-order valence-corrected chi connectivity index (χ3v) is 4.91. The third kappa shape index (κ3) is 4.05. The van der Waals surface area contributed by atoms with Gasteiger partial charge in [-0.05, 0) is 18.9 Å². The van der Waals surface area contributed by atoms with Gasteiger partial charge in [-0.2, -0.15) is 5.10 Å². The van der Waals surface area contributed by atoms with Crippen LogP contribution in [-0.2, 0) is 6.54 Å². The molecule has 5 heteroatoms. The standard InChI is InChI=1S/C16H29N5/c17-7-9-19-10-12-20(13-11-19)14-15-6-8-21(18-15)16-4-2-1-3-5-16/h6,8,16H,1-5,7,9-14,17H2. The monoisotopic (exact) mass is 291 g/mol. The fraction of sp³-hybridized carbons (Fsp3) is 0.812. The van der Waals surface area contributed by atoms with Crippen molar-refractivity contribution in [1.82, 2.24) is 19.6 Å². The first-order valence-corrected chi connectivity index (χ1v) is 8.54. The average molecular weight is 291 g/mol. The molecular formula is C16H29N5. The highest BCUT2D eigenvalue weighted by Crippen LogP contribution is 2.27. The molecule has 0 unspecified atom stereocenters. The summed E-state index contributed by atoms with van der Waals surface area (Å²) in [5.41, 5.74) is 6.85. The lowest BCUT2D eigenvalue weighted by atomic mass is 9.96. The maximum absolute atomic E-state index is 5.62. The summed E-state index contributed by atoms with van der Waals surface area (Å²) in [6.07, 6.45) is 8.93. The van der Waals surface area contributed by atoms with Gasteiger partial charge in [-0.1, -0.05) is 19.3 Å². The fourth-order valence-corrected chi connectivity index (χ4v) is 3.59. The summed E-state index contributed by atoms with van der Waals surface area (Å²) < 4.78 is 2.22. The molecule has 2 heterocycles. The zero-order chi connectivity index (χ0) is 14.5. The summed E-state index contributed by atoms with van der Waals surface area (Å²) >= 11 is 0. The smallest absolute Gasteiger partial charge is 0.0764 e. The molecule has 0 bridgehead atoms. The Kier molecular flexibility index (Phi) is 5.27. The second-order valence-electron chi connectivity index (χ2n) is 6.49. The van der Waals surface area contributed by atoms with Crippen LogP contribution in [0.5, 0.6) is 0 Å². The van der Waals surface area contributed by atoms with Gasteiger partial charge >= 0.3 is 0 Å². The van der Waals surface area contributed by atoms with E-state index in [2.05, 4.69) is 26.7 Å². The lowest BCUT2D eigenvalue weighted by Crippen LogP contribution is -2.47. The Morgan fingerprint density at radius 1 is 1.05 bits per heavy atom. The van der Waals surface area contributed by atoms with Crippen molar-refractivity contribution in [3.8, 4) is 0 Å². The van der Waals surface area contributed by atoms with Gasteiger partial charge in [0.25, 0.3) is 0 Å². The van der Waals surface area contributed by atoms with Gasteiger partial charge in [0.1, 0.15) is 0 Å². The molecule has 1 aromatic heterocycles. The van der Waals surface area contributed by atoms with E-state index >= 15 is 0 Å². The van der Waals surface area contributed by atoms with Gasteiger partial charge in [0.2, 0.25) is 0 Å². The minimum absolute atomic E-state index is 0.647. The van der Waals surface area contributed by atoms with Crippen LogP contribution in [0.2, 0.25) is 0 Å². The molecule has 2 fully saturated rings. The highest BCUT2D eigenvalue weighted by Gasteiger charge is 2.19. The van der Waals surface area contributed by atoms with Crippen LogP contribution in [0.3, 0.4) is 0 Å². The highest BCUT2D eigenvalue weighted by atomic mass is 15.3. The molecule has 1 aliphatic carbocycles. The van der Waals surface area contributed by atoms with Gasteiger partial charge in [-0.15, -0.1) is 0 Å². The minimum Gasteiger partial charge on any atom is -0.329 e. The first kappa shape index (κ1) is 15.0. The molecule has 0 spiro atoms. The number of nitrogens with two attached hydrogens (primary N) is 1. The topological polar surface area (TPSA) is 50.3 Å². The van der Waals surface area contributed by atoms with Gasteiger partial charge < -0.3 is 5.73 Å². The van der Waals surface area contributed by atoms with Crippen molar-refractivity contribution >= 4 is 0 Å². The first-order valence-electron chi connectivity index (χ1n) is 8.54. The predicted octanol–water partition coefficient (Wildman–Crippen LogP) is 1.46. The fourth-order valence-electron chi connectivity index (χ4n) is 3.59. The van der Waals surface area contributed by atoms with Crippen molar-refractivity contribution in [3.05, 3.63) is 18.0 Å². The summed E-state index contributed by atoms with van der Waals surface area (Å²) in [5, 5.41) is 4.82. The molecular weight excluding hydrogens is 262 g/mol. The van der Waals surface area contributed by atoms with Crippen molar-refractivity contribution in [1.29, 1.82) is 0 Å². The molecule has 0 radical (unpaired) electrons. The van der Waals surface area contributed by atoms with E-state index in [4.69, 9.17) is 10.8 Å². The quantitative estimate of drug-likeness (QED) is 0.892. The van der Waals surface area contributed by atoms with E-state index in [1.165, 1.54) is 37.8 Å². The summed E-state index contributed by atoms with van der Waals surface area (Å²) in [6.45, 7) is 7.35. The second-order valence-corrected chi connectivity index (χ2v) is 6.49. The van der Waals surface area contributed by atoms with Gasteiger partial charge in [-0.25, -0.2) is 0 Å². The highest BCUT2D eigenvalue weighted by molar-refractivity contribution is 5.00. The summed E-state index contributed by atoms with van der Waals surface area (Å²) in [6, 6.07) is 2.86. The molecule has 2 N–H and O–H groups in total. The SMILES string of the molecule is NCCN1CCN(Cc2ccn(C3CCCCC3)n2)CC1.